The van der Waals surface area contributed by atoms with Gasteiger partial charge in [0.1, 0.15) is 5.75 Å². The number of phenolic OH excluding ortho intramolecular Hbond substituents is 1. The number of fused-ring (bicyclic) bond motifs is 1. The Labute approximate surface area is 84.4 Å². The molecule has 0 fully saturated rings. The molecule has 0 aliphatic rings. The Hall–Kier alpha value is -1.24. The van der Waals surface area contributed by atoms with Crippen LogP contribution in [0.5, 0.6) is 5.75 Å². The quantitative estimate of drug-likeness (QED) is 0.492. The number of nitrogens with two attached hydrogens (primary N) is 1. The minimum atomic E-state index is -1.59. The van der Waals surface area contributed by atoms with E-state index in [4.69, 9.17) is 15.8 Å². The zero-order valence-electron chi connectivity index (χ0n) is 7.14. The van der Waals surface area contributed by atoms with Gasteiger partial charge in [-0.05, 0) is 11.5 Å². The van der Waals surface area contributed by atoms with E-state index in [0.29, 0.717) is 15.8 Å². The van der Waals surface area contributed by atoms with Gasteiger partial charge in [-0.15, -0.1) is 11.3 Å². The van der Waals surface area contributed by atoms with Crippen LogP contribution in [0.4, 0.5) is 5.69 Å². The molecule has 1 heterocycles. The van der Waals surface area contributed by atoms with Crippen molar-refractivity contribution in [2.24, 2.45) is 0 Å². The number of phenols is 1. The number of hydrogen-bond donors (Lipinski definition) is 4. The molecule has 0 atom stereocenters. The molecule has 14 heavy (non-hydrogen) atoms. The minimum absolute atomic E-state index is 0.0206. The maximum Gasteiger partial charge on any atom is 0.488 e. The Bertz CT molecular complexity index is 483. The third-order valence-electron chi connectivity index (χ3n) is 2.00. The Balaban J connectivity index is 2.75. The molecule has 72 valence electrons. The smallest absolute Gasteiger partial charge is 0.488 e. The molecule has 0 saturated carbocycles. The highest BCUT2D eigenvalue weighted by molar-refractivity contribution is 7.18. The Morgan fingerprint density at radius 1 is 1.29 bits per heavy atom. The number of anilines is 1. The van der Waals surface area contributed by atoms with E-state index in [-0.39, 0.29) is 11.2 Å². The molecule has 0 saturated heterocycles. The summed E-state index contributed by atoms with van der Waals surface area (Å²) in [7, 11) is -1.59. The van der Waals surface area contributed by atoms with Crippen LogP contribution in [0.15, 0.2) is 17.5 Å². The van der Waals surface area contributed by atoms with Crippen LogP contribution < -0.4 is 11.2 Å². The summed E-state index contributed by atoms with van der Waals surface area (Å²) in [5.74, 6) is 0.0206. The van der Waals surface area contributed by atoms with E-state index in [9.17, 15) is 5.11 Å². The van der Waals surface area contributed by atoms with E-state index >= 15 is 0 Å². The van der Waals surface area contributed by atoms with Crippen molar-refractivity contribution in [3.8, 4) is 5.75 Å². The van der Waals surface area contributed by atoms with Crippen molar-refractivity contribution >= 4 is 39.7 Å². The lowest BCUT2D eigenvalue weighted by molar-refractivity contribution is 0.425. The van der Waals surface area contributed by atoms with Gasteiger partial charge < -0.3 is 20.9 Å². The zero-order valence-corrected chi connectivity index (χ0v) is 7.95. The molecule has 2 rings (SSSR count). The standard InChI is InChI=1S/C8H8BNO3S/c10-6-3-14-8-5(6)1-4(9(12)13)2-7(8)11/h1-3,11-13H,10H2. The molecule has 1 aromatic carbocycles. The second-order valence-electron chi connectivity index (χ2n) is 2.98. The van der Waals surface area contributed by atoms with Crippen molar-refractivity contribution in [3.05, 3.63) is 17.5 Å². The van der Waals surface area contributed by atoms with Gasteiger partial charge in [0.15, 0.2) is 0 Å². The highest BCUT2D eigenvalue weighted by atomic mass is 32.1. The lowest BCUT2D eigenvalue weighted by Crippen LogP contribution is -2.29. The van der Waals surface area contributed by atoms with Crippen molar-refractivity contribution in [1.29, 1.82) is 0 Å². The molecule has 0 aliphatic heterocycles. The third kappa shape index (κ3) is 1.33. The molecule has 0 spiro atoms. The van der Waals surface area contributed by atoms with Crippen molar-refractivity contribution in [2.45, 2.75) is 0 Å². The van der Waals surface area contributed by atoms with Gasteiger partial charge in [0.25, 0.3) is 0 Å². The van der Waals surface area contributed by atoms with Gasteiger partial charge in [0.2, 0.25) is 0 Å². The van der Waals surface area contributed by atoms with Crippen LogP contribution in [0.3, 0.4) is 0 Å². The molecule has 6 heteroatoms. The first-order chi connectivity index (χ1) is 6.59. The van der Waals surface area contributed by atoms with Crippen molar-refractivity contribution in [1.82, 2.24) is 0 Å². The predicted molar refractivity (Wildman–Crippen MR) is 57.7 cm³/mol. The number of thiophene rings is 1. The summed E-state index contributed by atoms with van der Waals surface area (Å²) < 4.78 is 0.659. The Morgan fingerprint density at radius 3 is 2.64 bits per heavy atom. The molecular weight excluding hydrogens is 201 g/mol. The van der Waals surface area contributed by atoms with Gasteiger partial charge in [-0.3, -0.25) is 0 Å². The summed E-state index contributed by atoms with van der Waals surface area (Å²) in [6.07, 6.45) is 0. The fourth-order valence-electron chi connectivity index (χ4n) is 1.31. The average molecular weight is 209 g/mol. The highest BCUT2D eigenvalue weighted by Crippen LogP contribution is 2.33. The van der Waals surface area contributed by atoms with Gasteiger partial charge in [-0.1, -0.05) is 6.07 Å². The first kappa shape index (κ1) is 9.33. The number of nitrogen functional groups attached to an aromatic ring is 1. The van der Waals surface area contributed by atoms with E-state index in [1.54, 1.807) is 11.4 Å². The molecule has 0 bridgehead atoms. The summed E-state index contributed by atoms with van der Waals surface area (Å²) >= 11 is 1.32. The Morgan fingerprint density at radius 2 is 2.00 bits per heavy atom. The van der Waals surface area contributed by atoms with Gasteiger partial charge in [0, 0.05) is 10.8 Å². The maximum atomic E-state index is 9.55. The van der Waals surface area contributed by atoms with Crippen molar-refractivity contribution in [3.63, 3.8) is 0 Å². The molecule has 0 radical (unpaired) electrons. The summed E-state index contributed by atoms with van der Waals surface area (Å²) in [4.78, 5) is 0. The van der Waals surface area contributed by atoms with Crippen LogP contribution in [0, 0.1) is 0 Å². The molecule has 1 aromatic heterocycles. The number of aromatic hydroxyl groups is 1. The van der Waals surface area contributed by atoms with Gasteiger partial charge >= 0.3 is 7.12 Å². The SMILES string of the molecule is Nc1csc2c(O)cc(B(O)O)cc12. The van der Waals surface area contributed by atoms with E-state index in [0.717, 1.165) is 0 Å². The van der Waals surface area contributed by atoms with E-state index in [1.165, 1.54) is 17.4 Å². The van der Waals surface area contributed by atoms with Crippen LogP contribution >= 0.6 is 11.3 Å². The number of benzene rings is 1. The van der Waals surface area contributed by atoms with Crippen LogP contribution in [-0.2, 0) is 0 Å². The molecule has 0 amide bonds. The van der Waals surface area contributed by atoms with Crippen LogP contribution in [0.2, 0.25) is 0 Å². The normalized spacial score (nSPS) is 10.7. The first-order valence-corrected chi connectivity index (χ1v) is 4.83. The summed E-state index contributed by atoms with van der Waals surface area (Å²) in [6.45, 7) is 0. The predicted octanol–water partition coefficient (Wildman–Crippen LogP) is -0.131. The lowest BCUT2D eigenvalue weighted by atomic mass is 9.80. The number of hydrogen-bond acceptors (Lipinski definition) is 5. The van der Waals surface area contributed by atoms with E-state index in [2.05, 4.69) is 0 Å². The fourth-order valence-corrected chi connectivity index (χ4v) is 2.16. The lowest BCUT2D eigenvalue weighted by Gasteiger charge is -2.02. The second kappa shape index (κ2) is 3.16. The molecule has 4 nitrogen and oxygen atoms in total. The maximum absolute atomic E-state index is 9.55. The summed E-state index contributed by atoms with van der Waals surface area (Å²) in [5.41, 5.74) is 6.42. The average Bonchev–Trinajstić information content (AvgIpc) is 2.48. The Kier molecular flexibility index (Phi) is 2.11. The topological polar surface area (TPSA) is 86.7 Å². The van der Waals surface area contributed by atoms with Gasteiger partial charge in [0.05, 0.1) is 10.4 Å². The fraction of sp³-hybridized carbons (Fsp3) is 0. The van der Waals surface area contributed by atoms with Crippen molar-refractivity contribution in [2.75, 3.05) is 5.73 Å². The largest absolute Gasteiger partial charge is 0.506 e. The van der Waals surface area contributed by atoms with E-state index < -0.39 is 7.12 Å². The van der Waals surface area contributed by atoms with Crippen molar-refractivity contribution < 1.29 is 15.2 Å². The zero-order chi connectivity index (χ0) is 10.3. The minimum Gasteiger partial charge on any atom is -0.506 e. The molecular formula is C8H8BNO3S. The monoisotopic (exact) mass is 209 g/mol. The highest BCUT2D eigenvalue weighted by Gasteiger charge is 2.15. The van der Waals surface area contributed by atoms with Crippen LogP contribution in [-0.4, -0.2) is 22.3 Å². The number of rotatable bonds is 1. The van der Waals surface area contributed by atoms with Gasteiger partial charge in [-0.2, -0.15) is 0 Å². The molecule has 2 aromatic rings. The van der Waals surface area contributed by atoms with E-state index in [1.807, 2.05) is 0 Å². The molecule has 0 aliphatic carbocycles. The molecule has 5 N–H and O–H groups in total. The van der Waals surface area contributed by atoms with Crippen LogP contribution in [0.1, 0.15) is 0 Å². The summed E-state index contributed by atoms with van der Waals surface area (Å²) in [5, 5.41) is 29.8. The third-order valence-corrected chi connectivity index (χ3v) is 3.04. The first-order valence-electron chi connectivity index (χ1n) is 3.95. The second-order valence-corrected chi connectivity index (χ2v) is 3.86. The molecule has 0 unspecified atom stereocenters. The summed E-state index contributed by atoms with van der Waals surface area (Å²) in [6, 6.07) is 2.88. The van der Waals surface area contributed by atoms with Crippen LogP contribution in [0.25, 0.3) is 10.1 Å². The van der Waals surface area contributed by atoms with Gasteiger partial charge in [-0.25, -0.2) is 0 Å².